The quantitative estimate of drug-likeness (QED) is 0.775. The average molecular weight is 289 g/mol. The van der Waals surface area contributed by atoms with Crippen LogP contribution in [0.5, 0.6) is 0 Å². The van der Waals surface area contributed by atoms with E-state index in [1.54, 1.807) is 0 Å². The van der Waals surface area contributed by atoms with Gasteiger partial charge in [-0.05, 0) is 57.8 Å². The highest BCUT2D eigenvalue weighted by atomic mass is 16.5. The molecule has 1 aromatic rings. The summed E-state index contributed by atoms with van der Waals surface area (Å²) in [7, 11) is 0. The fraction of sp³-hybridized carbons (Fsp3) is 0.611. The summed E-state index contributed by atoms with van der Waals surface area (Å²) >= 11 is 0. The molecule has 1 atom stereocenters. The van der Waals surface area contributed by atoms with E-state index in [2.05, 4.69) is 43.0 Å². The minimum Gasteiger partial charge on any atom is -0.466 e. The molecule has 1 aromatic carbocycles. The number of esters is 1. The second kappa shape index (κ2) is 7.08. The summed E-state index contributed by atoms with van der Waals surface area (Å²) in [6, 6.07) is 8.40. The van der Waals surface area contributed by atoms with Crippen LogP contribution in [0.4, 0.5) is 0 Å². The summed E-state index contributed by atoms with van der Waals surface area (Å²) < 4.78 is 5.22. The Labute approximate surface area is 128 Å². The lowest BCUT2D eigenvalue weighted by Crippen LogP contribution is -2.48. The van der Waals surface area contributed by atoms with E-state index >= 15 is 0 Å². The third-order valence-electron chi connectivity index (χ3n) is 4.57. The second-order valence-electron chi connectivity index (χ2n) is 6.12. The van der Waals surface area contributed by atoms with Gasteiger partial charge >= 0.3 is 5.97 Å². The average Bonchev–Trinajstić information content (AvgIpc) is 2.48. The predicted molar refractivity (Wildman–Crippen MR) is 85.2 cm³/mol. The number of aryl methyl sites for hydroxylation is 1. The van der Waals surface area contributed by atoms with Crippen LogP contribution in [0, 0.1) is 6.92 Å². The molecule has 1 aliphatic rings. The Hall–Kier alpha value is -1.35. The van der Waals surface area contributed by atoms with Crippen molar-refractivity contribution in [2.45, 2.75) is 52.0 Å². The summed E-state index contributed by atoms with van der Waals surface area (Å²) in [5.41, 5.74) is 2.23. The minimum atomic E-state index is -0.266. The number of hydrogen-bond donors (Lipinski definition) is 0. The highest BCUT2D eigenvalue weighted by Gasteiger charge is 2.37. The number of ether oxygens (including phenoxy) is 1. The van der Waals surface area contributed by atoms with E-state index in [9.17, 15) is 4.79 Å². The number of carbonyl (C=O) groups excluding carboxylic acids is 1. The van der Waals surface area contributed by atoms with Gasteiger partial charge in [0.2, 0.25) is 0 Å². The lowest BCUT2D eigenvalue weighted by Gasteiger charge is -2.44. The summed E-state index contributed by atoms with van der Waals surface area (Å²) in [6.07, 6.45) is 4.14. The lowest BCUT2D eigenvalue weighted by atomic mass is 9.82. The molecular weight excluding hydrogens is 262 g/mol. The summed E-state index contributed by atoms with van der Waals surface area (Å²) in [5, 5.41) is 0. The third-order valence-corrected chi connectivity index (χ3v) is 4.57. The largest absolute Gasteiger partial charge is 0.466 e. The molecule has 0 aromatic heterocycles. The standard InChI is InChI=1S/C18H27NO2/c1-4-21-17(20)14-18(3,19-12-8-5-9-13-19)16-11-7-6-10-15(16)2/h6-7,10-11H,4-5,8-9,12-14H2,1-3H3. The van der Waals surface area contributed by atoms with Gasteiger partial charge in [0.15, 0.2) is 0 Å². The number of rotatable bonds is 5. The molecule has 0 spiro atoms. The Morgan fingerprint density at radius 3 is 2.52 bits per heavy atom. The van der Waals surface area contributed by atoms with Gasteiger partial charge in [0.1, 0.15) is 0 Å². The first-order chi connectivity index (χ1) is 10.1. The zero-order valence-electron chi connectivity index (χ0n) is 13.5. The van der Waals surface area contributed by atoms with Crippen molar-refractivity contribution in [3.63, 3.8) is 0 Å². The second-order valence-corrected chi connectivity index (χ2v) is 6.12. The zero-order chi connectivity index (χ0) is 15.3. The van der Waals surface area contributed by atoms with E-state index in [1.807, 2.05) is 6.92 Å². The maximum atomic E-state index is 12.1. The van der Waals surface area contributed by atoms with Gasteiger partial charge in [0.25, 0.3) is 0 Å². The van der Waals surface area contributed by atoms with Crippen molar-refractivity contribution in [1.82, 2.24) is 4.90 Å². The molecule has 0 radical (unpaired) electrons. The molecule has 0 N–H and O–H groups in total. The molecule has 0 aliphatic carbocycles. The van der Waals surface area contributed by atoms with Crippen molar-refractivity contribution in [2.75, 3.05) is 19.7 Å². The van der Waals surface area contributed by atoms with Crippen LogP contribution in [0.1, 0.15) is 50.7 Å². The molecule has 21 heavy (non-hydrogen) atoms. The maximum absolute atomic E-state index is 12.1. The van der Waals surface area contributed by atoms with E-state index in [0.29, 0.717) is 13.0 Å². The molecule has 3 nitrogen and oxygen atoms in total. The molecule has 1 saturated heterocycles. The van der Waals surface area contributed by atoms with Crippen LogP contribution < -0.4 is 0 Å². The van der Waals surface area contributed by atoms with E-state index in [-0.39, 0.29) is 11.5 Å². The molecule has 1 heterocycles. The van der Waals surface area contributed by atoms with Crippen LogP contribution in [0.15, 0.2) is 24.3 Å². The van der Waals surface area contributed by atoms with Gasteiger partial charge in [0, 0.05) is 0 Å². The fourth-order valence-electron chi connectivity index (χ4n) is 3.44. The van der Waals surface area contributed by atoms with Gasteiger partial charge in [-0.3, -0.25) is 9.69 Å². The molecule has 2 rings (SSSR count). The van der Waals surface area contributed by atoms with E-state index in [1.165, 1.54) is 30.4 Å². The number of hydrogen-bond acceptors (Lipinski definition) is 3. The number of piperidine rings is 1. The van der Waals surface area contributed by atoms with Crippen molar-refractivity contribution >= 4 is 5.97 Å². The Bertz CT molecular complexity index is 480. The van der Waals surface area contributed by atoms with Crippen molar-refractivity contribution in [2.24, 2.45) is 0 Å². The first kappa shape index (κ1) is 16.0. The van der Waals surface area contributed by atoms with Crippen LogP contribution in [0.2, 0.25) is 0 Å². The van der Waals surface area contributed by atoms with Gasteiger partial charge in [-0.1, -0.05) is 30.7 Å². The number of carbonyl (C=O) groups is 1. The number of likely N-dealkylation sites (tertiary alicyclic amines) is 1. The SMILES string of the molecule is CCOC(=O)CC(C)(c1ccccc1C)N1CCCCC1. The number of benzene rings is 1. The van der Waals surface area contributed by atoms with E-state index in [4.69, 9.17) is 4.74 Å². The summed E-state index contributed by atoms with van der Waals surface area (Å²) in [6.45, 7) is 8.75. The third kappa shape index (κ3) is 3.65. The van der Waals surface area contributed by atoms with Crippen LogP contribution in [0.3, 0.4) is 0 Å². The van der Waals surface area contributed by atoms with E-state index in [0.717, 1.165) is 13.1 Å². The van der Waals surface area contributed by atoms with Crippen LogP contribution >= 0.6 is 0 Å². The van der Waals surface area contributed by atoms with Gasteiger partial charge in [0.05, 0.1) is 18.6 Å². The first-order valence-electron chi connectivity index (χ1n) is 8.04. The van der Waals surface area contributed by atoms with Crippen molar-refractivity contribution in [3.8, 4) is 0 Å². The predicted octanol–water partition coefficient (Wildman–Crippen LogP) is 3.65. The smallest absolute Gasteiger partial charge is 0.307 e. The van der Waals surface area contributed by atoms with Gasteiger partial charge in [-0.15, -0.1) is 0 Å². The van der Waals surface area contributed by atoms with Crippen molar-refractivity contribution in [1.29, 1.82) is 0 Å². The molecule has 0 bridgehead atoms. The zero-order valence-corrected chi connectivity index (χ0v) is 13.5. The minimum absolute atomic E-state index is 0.103. The Balaban J connectivity index is 2.33. The Kier molecular flexibility index (Phi) is 5.40. The highest BCUT2D eigenvalue weighted by Crippen LogP contribution is 2.36. The topological polar surface area (TPSA) is 29.5 Å². The molecule has 1 aliphatic heterocycles. The molecule has 1 unspecified atom stereocenters. The molecule has 0 amide bonds. The normalized spacial score (nSPS) is 19.0. The Morgan fingerprint density at radius 2 is 1.90 bits per heavy atom. The fourth-order valence-corrected chi connectivity index (χ4v) is 3.44. The van der Waals surface area contributed by atoms with Crippen molar-refractivity contribution in [3.05, 3.63) is 35.4 Å². The van der Waals surface area contributed by atoms with Crippen LogP contribution in [-0.4, -0.2) is 30.6 Å². The highest BCUT2D eigenvalue weighted by molar-refractivity contribution is 5.71. The molecular formula is C18H27NO2. The van der Waals surface area contributed by atoms with Crippen molar-refractivity contribution < 1.29 is 9.53 Å². The van der Waals surface area contributed by atoms with Crippen LogP contribution in [-0.2, 0) is 15.1 Å². The lowest BCUT2D eigenvalue weighted by molar-refractivity contribution is -0.146. The monoisotopic (exact) mass is 289 g/mol. The molecule has 116 valence electrons. The van der Waals surface area contributed by atoms with Crippen LogP contribution in [0.25, 0.3) is 0 Å². The molecule has 1 fully saturated rings. The summed E-state index contributed by atoms with van der Waals surface area (Å²) in [4.78, 5) is 14.6. The molecule has 0 saturated carbocycles. The van der Waals surface area contributed by atoms with Gasteiger partial charge < -0.3 is 4.74 Å². The maximum Gasteiger partial charge on any atom is 0.307 e. The molecule has 3 heteroatoms. The first-order valence-corrected chi connectivity index (χ1v) is 8.04. The number of nitrogens with zero attached hydrogens (tertiary/aromatic N) is 1. The Morgan fingerprint density at radius 1 is 1.24 bits per heavy atom. The van der Waals surface area contributed by atoms with E-state index < -0.39 is 0 Å². The van der Waals surface area contributed by atoms with Gasteiger partial charge in [-0.25, -0.2) is 0 Å². The summed E-state index contributed by atoms with van der Waals surface area (Å²) in [5.74, 6) is -0.103. The van der Waals surface area contributed by atoms with Gasteiger partial charge in [-0.2, -0.15) is 0 Å².